The minimum Gasteiger partial charge on any atom is -0.503 e. The number of aromatic hydroxyl groups is 1. The number of pyridine rings is 1. The molecule has 1 atom stereocenters. The van der Waals surface area contributed by atoms with Gasteiger partial charge in [-0.05, 0) is 16.6 Å². The molecule has 1 aliphatic rings. The van der Waals surface area contributed by atoms with Gasteiger partial charge in [0.05, 0.1) is 12.6 Å². The van der Waals surface area contributed by atoms with Gasteiger partial charge in [-0.3, -0.25) is 9.59 Å². The lowest BCUT2D eigenvalue weighted by Crippen LogP contribution is -2.48. The average Bonchev–Trinajstić information content (AvgIpc) is 2.79. The van der Waals surface area contributed by atoms with E-state index in [4.69, 9.17) is 4.74 Å². The number of amides is 1. The molecule has 1 aliphatic heterocycles. The predicted octanol–water partition coefficient (Wildman–Crippen LogP) is 1.29. The summed E-state index contributed by atoms with van der Waals surface area (Å²) in [5.74, 6) is -0.930. The highest BCUT2D eigenvalue weighted by Gasteiger charge is 2.38. The Labute approximate surface area is 182 Å². The highest BCUT2D eigenvalue weighted by molar-refractivity contribution is 6.32. The van der Waals surface area contributed by atoms with Gasteiger partial charge >= 0.3 is 0 Å². The predicted molar refractivity (Wildman–Crippen MR) is 122 cm³/mol. The van der Waals surface area contributed by atoms with E-state index in [1.807, 2.05) is 36.4 Å². The van der Waals surface area contributed by atoms with Gasteiger partial charge < -0.3 is 19.3 Å². The number of carbonyl (C=O) groups is 1. The molecule has 0 unspecified atom stereocenters. The Bertz CT molecular complexity index is 1090. The number of methoxy groups -OCH3 is 1. The second-order valence-corrected chi connectivity index (χ2v) is 7.86. The Balaban J connectivity index is 1.93. The number of benzene rings is 2. The van der Waals surface area contributed by atoms with Crippen LogP contribution in [0.25, 0.3) is 0 Å². The Hall–Kier alpha value is -3.32. The zero-order valence-electron chi connectivity index (χ0n) is 17.7. The second-order valence-electron chi connectivity index (χ2n) is 7.86. The Morgan fingerprint density at radius 3 is 2.19 bits per heavy atom. The number of ether oxygens (including phenoxy) is 1. The zero-order chi connectivity index (χ0) is 22.0. The molecule has 4 rings (SSSR count). The Morgan fingerprint density at radius 2 is 1.65 bits per heavy atom. The molecule has 0 aliphatic carbocycles. The van der Waals surface area contributed by atoms with Crippen molar-refractivity contribution in [3.8, 4) is 5.75 Å². The van der Waals surface area contributed by atoms with Gasteiger partial charge in [-0.15, -0.1) is 0 Å². The molecule has 0 spiro atoms. The second kappa shape index (κ2) is 8.82. The van der Waals surface area contributed by atoms with E-state index in [0.717, 1.165) is 11.1 Å². The summed E-state index contributed by atoms with van der Waals surface area (Å²) in [5, 5.41) is 10.7. The normalized spacial score (nSPS) is 15.9. The van der Waals surface area contributed by atoms with Gasteiger partial charge in [0.1, 0.15) is 7.85 Å². The Kier molecular flexibility index (Phi) is 5.95. The van der Waals surface area contributed by atoms with Crippen LogP contribution in [0.4, 0.5) is 0 Å². The van der Waals surface area contributed by atoms with Gasteiger partial charge in [0, 0.05) is 32.3 Å². The minimum atomic E-state index is -0.511. The summed E-state index contributed by atoms with van der Waals surface area (Å²) in [6.45, 7) is 1.19. The lowest BCUT2D eigenvalue weighted by atomic mass is 9.83. The van der Waals surface area contributed by atoms with Gasteiger partial charge in [0.15, 0.2) is 11.4 Å². The number of nitrogens with zero attached hydrogens (tertiary/aromatic N) is 2. The molecule has 31 heavy (non-hydrogen) atoms. The van der Waals surface area contributed by atoms with Crippen molar-refractivity contribution in [1.29, 1.82) is 0 Å². The summed E-state index contributed by atoms with van der Waals surface area (Å²) < 4.78 is 6.99. The third-order valence-corrected chi connectivity index (χ3v) is 5.91. The largest absolute Gasteiger partial charge is 0.503 e. The van der Waals surface area contributed by atoms with E-state index in [1.54, 1.807) is 30.6 Å². The molecule has 0 saturated carbocycles. The zero-order valence-corrected chi connectivity index (χ0v) is 17.7. The standard InChI is InChI=1S/C24H25BN2O4/c1-31-13-12-26-15-19(27-14-18(25)22(28)23(29)21(27)24(26)30)20(16-8-4-2-5-9-16)17-10-6-3-7-11-17/h2-11,14,19-20,29H,12-13,15,25H2,1H3/t19-/m1/s1. The fraction of sp³-hybridized carbons (Fsp3) is 0.250. The van der Waals surface area contributed by atoms with Crippen LogP contribution < -0.4 is 10.9 Å². The number of rotatable bonds is 6. The van der Waals surface area contributed by atoms with Crippen molar-refractivity contribution in [2.75, 3.05) is 26.8 Å². The van der Waals surface area contributed by atoms with E-state index in [9.17, 15) is 14.7 Å². The molecule has 0 saturated heterocycles. The molecule has 3 aromatic rings. The fourth-order valence-electron chi connectivity index (χ4n) is 4.39. The van der Waals surface area contributed by atoms with Crippen LogP contribution in [0.3, 0.4) is 0 Å². The van der Waals surface area contributed by atoms with Crippen molar-refractivity contribution in [1.82, 2.24) is 9.47 Å². The van der Waals surface area contributed by atoms with Crippen LogP contribution in [0.5, 0.6) is 5.75 Å². The first-order valence-corrected chi connectivity index (χ1v) is 10.4. The lowest BCUT2D eigenvalue weighted by Gasteiger charge is -2.40. The van der Waals surface area contributed by atoms with Gasteiger partial charge in [-0.25, -0.2) is 0 Å². The first-order chi connectivity index (χ1) is 15.0. The van der Waals surface area contributed by atoms with E-state index in [2.05, 4.69) is 24.3 Å². The van der Waals surface area contributed by atoms with Crippen LogP contribution in [0.1, 0.15) is 33.6 Å². The summed E-state index contributed by atoms with van der Waals surface area (Å²) in [7, 11) is 3.25. The van der Waals surface area contributed by atoms with E-state index in [-0.39, 0.29) is 23.6 Å². The van der Waals surface area contributed by atoms with Crippen LogP contribution >= 0.6 is 0 Å². The molecule has 1 N–H and O–H groups in total. The molecule has 1 aromatic heterocycles. The van der Waals surface area contributed by atoms with Crippen molar-refractivity contribution in [2.24, 2.45) is 0 Å². The molecule has 0 fully saturated rings. The topological polar surface area (TPSA) is 71.8 Å². The fourth-order valence-corrected chi connectivity index (χ4v) is 4.39. The number of hydrogen-bond donors (Lipinski definition) is 1. The monoisotopic (exact) mass is 416 g/mol. The molecular weight excluding hydrogens is 391 g/mol. The van der Waals surface area contributed by atoms with Crippen LogP contribution in [0.2, 0.25) is 0 Å². The van der Waals surface area contributed by atoms with Crippen LogP contribution in [0, 0.1) is 0 Å². The third kappa shape index (κ3) is 3.89. The minimum absolute atomic E-state index is 0.0415. The van der Waals surface area contributed by atoms with Gasteiger partial charge in [0.25, 0.3) is 5.91 Å². The number of aromatic nitrogens is 1. The maximum atomic E-state index is 13.2. The number of fused-ring (bicyclic) bond motifs is 1. The van der Waals surface area contributed by atoms with Crippen molar-refractivity contribution >= 4 is 19.2 Å². The SMILES string of the molecule is Bc1cn2c(c(O)c1=O)C(=O)N(CCOC)C[C@@H]2C(c1ccccc1)c1ccccc1. The lowest BCUT2D eigenvalue weighted by molar-refractivity contribution is 0.0583. The average molecular weight is 416 g/mol. The van der Waals surface area contributed by atoms with Crippen molar-refractivity contribution in [3.05, 3.63) is 93.9 Å². The number of hydrogen-bond acceptors (Lipinski definition) is 4. The van der Waals surface area contributed by atoms with Gasteiger partial charge in [-0.2, -0.15) is 0 Å². The first kappa shape index (κ1) is 20.9. The van der Waals surface area contributed by atoms with E-state index in [0.29, 0.717) is 25.2 Å². The molecule has 6 nitrogen and oxygen atoms in total. The molecule has 2 heterocycles. The summed E-state index contributed by atoms with van der Waals surface area (Å²) in [6.07, 6.45) is 1.70. The van der Waals surface area contributed by atoms with Crippen molar-refractivity contribution in [2.45, 2.75) is 12.0 Å². The maximum absolute atomic E-state index is 13.2. The van der Waals surface area contributed by atoms with Crippen molar-refractivity contribution < 1.29 is 14.6 Å². The number of carbonyl (C=O) groups excluding carboxylic acids is 1. The summed E-state index contributed by atoms with van der Waals surface area (Å²) >= 11 is 0. The van der Waals surface area contributed by atoms with Crippen LogP contribution in [-0.4, -0.2) is 55.1 Å². The van der Waals surface area contributed by atoms with Gasteiger partial charge in [-0.1, -0.05) is 60.7 Å². The molecule has 7 heteroatoms. The van der Waals surface area contributed by atoms with E-state index >= 15 is 0 Å². The van der Waals surface area contributed by atoms with Crippen LogP contribution in [0.15, 0.2) is 71.7 Å². The summed E-state index contributed by atoms with van der Waals surface area (Å²) in [6, 6.07) is 20.0. The van der Waals surface area contributed by atoms with Crippen LogP contribution in [-0.2, 0) is 4.74 Å². The van der Waals surface area contributed by atoms with Gasteiger partial charge in [0.2, 0.25) is 5.43 Å². The summed E-state index contributed by atoms with van der Waals surface area (Å²) in [4.78, 5) is 27.3. The third-order valence-electron chi connectivity index (χ3n) is 5.91. The highest BCUT2D eigenvalue weighted by atomic mass is 16.5. The maximum Gasteiger partial charge on any atom is 0.274 e. The van der Waals surface area contributed by atoms with Crippen molar-refractivity contribution in [3.63, 3.8) is 0 Å². The smallest absolute Gasteiger partial charge is 0.274 e. The van der Waals surface area contributed by atoms with E-state index in [1.165, 1.54) is 0 Å². The highest BCUT2D eigenvalue weighted by Crippen LogP contribution is 2.39. The molecule has 0 bridgehead atoms. The molecular formula is C24H25BN2O4. The Morgan fingerprint density at radius 1 is 1.06 bits per heavy atom. The molecule has 1 amide bonds. The van der Waals surface area contributed by atoms with E-state index < -0.39 is 11.2 Å². The molecule has 2 aromatic carbocycles. The molecule has 158 valence electrons. The first-order valence-electron chi connectivity index (χ1n) is 10.4. The summed E-state index contributed by atoms with van der Waals surface area (Å²) in [5.41, 5.74) is 2.13. The molecule has 0 radical (unpaired) electrons. The quantitative estimate of drug-likeness (QED) is 0.615.